The van der Waals surface area contributed by atoms with Crippen molar-refractivity contribution in [3.63, 3.8) is 0 Å². The van der Waals surface area contributed by atoms with Crippen LogP contribution in [-0.4, -0.2) is 26.2 Å². The number of fused-ring (bicyclic) bond motifs is 1. The number of imidazole rings is 1. The smallest absolute Gasteiger partial charge is 0.330 e. The highest BCUT2D eigenvalue weighted by Crippen LogP contribution is 2.32. The Bertz CT molecular complexity index is 988. The lowest BCUT2D eigenvalue weighted by Gasteiger charge is -2.21. The van der Waals surface area contributed by atoms with Gasteiger partial charge in [0.25, 0.3) is 5.91 Å². The molecule has 4 rings (SSSR count). The average molecular weight is 373 g/mol. The summed E-state index contributed by atoms with van der Waals surface area (Å²) in [6.07, 6.45) is 0.988. The molecule has 27 heavy (non-hydrogen) atoms. The van der Waals surface area contributed by atoms with E-state index in [0.29, 0.717) is 16.9 Å². The highest BCUT2D eigenvalue weighted by atomic mass is 19.4. The van der Waals surface area contributed by atoms with E-state index in [4.69, 9.17) is 0 Å². The van der Waals surface area contributed by atoms with Gasteiger partial charge in [-0.25, -0.2) is 4.98 Å². The SMILES string of the molecule is Cc1ccn2cc(C(=O)N(Cc3ccc(C(F)(F)F)cc3)C3CC3)nc2c1. The molecule has 2 aromatic heterocycles. The molecule has 1 amide bonds. The van der Waals surface area contributed by atoms with Crippen molar-refractivity contribution in [2.75, 3.05) is 0 Å². The predicted octanol–water partition coefficient (Wildman–Crippen LogP) is 4.47. The van der Waals surface area contributed by atoms with E-state index in [0.717, 1.165) is 30.5 Å². The Morgan fingerprint density at radius 1 is 1.22 bits per heavy atom. The van der Waals surface area contributed by atoms with E-state index in [2.05, 4.69) is 4.98 Å². The number of hydrogen-bond acceptors (Lipinski definition) is 2. The molecule has 0 saturated heterocycles. The third-order valence-corrected chi connectivity index (χ3v) is 4.72. The fraction of sp³-hybridized carbons (Fsp3) is 0.300. The quantitative estimate of drug-likeness (QED) is 0.677. The molecular formula is C20H18F3N3O. The topological polar surface area (TPSA) is 37.6 Å². The standard InChI is InChI=1S/C20H18F3N3O/c1-13-8-9-25-12-17(24-18(25)10-13)19(27)26(16-6-7-16)11-14-2-4-15(5-3-14)20(21,22)23/h2-5,8-10,12,16H,6-7,11H2,1H3. The molecule has 0 unspecified atom stereocenters. The molecule has 0 spiro atoms. The molecule has 140 valence electrons. The highest BCUT2D eigenvalue weighted by molar-refractivity contribution is 5.93. The second-order valence-electron chi connectivity index (χ2n) is 6.95. The largest absolute Gasteiger partial charge is 0.416 e. The number of hydrogen-bond donors (Lipinski definition) is 0. The summed E-state index contributed by atoms with van der Waals surface area (Å²) < 4.78 is 40.0. The van der Waals surface area contributed by atoms with Gasteiger partial charge in [-0.2, -0.15) is 13.2 Å². The van der Waals surface area contributed by atoms with Crippen LogP contribution in [0.5, 0.6) is 0 Å². The van der Waals surface area contributed by atoms with Crippen LogP contribution in [0, 0.1) is 6.92 Å². The van der Waals surface area contributed by atoms with Crippen molar-refractivity contribution in [3.05, 3.63) is 71.2 Å². The first-order chi connectivity index (χ1) is 12.8. The summed E-state index contributed by atoms with van der Waals surface area (Å²) in [6.45, 7) is 2.23. The Morgan fingerprint density at radius 2 is 1.93 bits per heavy atom. The molecule has 1 aromatic carbocycles. The molecule has 0 atom stereocenters. The van der Waals surface area contributed by atoms with Crippen molar-refractivity contribution >= 4 is 11.6 Å². The number of benzene rings is 1. The normalized spacial score (nSPS) is 14.5. The van der Waals surface area contributed by atoms with E-state index in [-0.39, 0.29) is 18.5 Å². The second-order valence-corrected chi connectivity index (χ2v) is 6.95. The number of alkyl halides is 3. The molecule has 0 N–H and O–H groups in total. The van der Waals surface area contributed by atoms with Crippen LogP contribution in [-0.2, 0) is 12.7 Å². The Kier molecular flexibility index (Phi) is 4.17. The van der Waals surface area contributed by atoms with Gasteiger partial charge in [0, 0.05) is 25.0 Å². The summed E-state index contributed by atoms with van der Waals surface area (Å²) in [5.41, 5.74) is 2.08. The molecule has 0 aliphatic heterocycles. The fourth-order valence-electron chi connectivity index (χ4n) is 3.08. The van der Waals surface area contributed by atoms with Gasteiger partial charge in [-0.15, -0.1) is 0 Å². The van der Waals surface area contributed by atoms with Crippen molar-refractivity contribution < 1.29 is 18.0 Å². The molecule has 1 fully saturated rings. The number of carbonyl (C=O) groups is 1. The van der Waals surface area contributed by atoms with Crippen LogP contribution in [0.4, 0.5) is 13.2 Å². The molecule has 1 saturated carbocycles. The third kappa shape index (κ3) is 3.67. The van der Waals surface area contributed by atoms with E-state index < -0.39 is 11.7 Å². The summed E-state index contributed by atoms with van der Waals surface area (Å²) in [6, 6.07) is 8.91. The number of aryl methyl sites for hydroxylation is 1. The van der Waals surface area contributed by atoms with Crippen LogP contribution >= 0.6 is 0 Å². The maximum Gasteiger partial charge on any atom is 0.416 e. The Morgan fingerprint density at radius 3 is 2.56 bits per heavy atom. The van der Waals surface area contributed by atoms with E-state index in [1.807, 2.05) is 25.3 Å². The van der Waals surface area contributed by atoms with Crippen molar-refractivity contribution in [2.45, 2.75) is 38.5 Å². The fourth-order valence-corrected chi connectivity index (χ4v) is 3.08. The van der Waals surface area contributed by atoms with Gasteiger partial charge in [-0.05, 0) is 55.2 Å². The first kappa shape index (κ1) is 17.6. The number of amides is 1. The lowest BCUT2D eigenvalue weighted by atomic mass is 10.1. The molecule has 0 bridgehead atoms. The predicted molar refractivity (Wildman–Crippen MR) is 94.3 cm³/mol. The van der Waals surface area contributed by atoms with Crippen LogP contribution in [0.1, 0.15) is 40.0 Å². The molecule has 1 aliphatic carbocycles. The van der Waals surface area contributed by atoms with Crippen LogP contribution in [0.2, 0.25) is 0 Å². The first-order valence-corrected chi connectivity index (χ1v) is 8.74. The zero-order valence-corrected chi connectivity index (χ0v) is 14.7. The van der Waals surface area contributed by atoms with Gasteiger partial charge in [0.15, 0.2) is 0 Å². The summed E-state index contributed by atoms with van der Waals surface area (Å²) in [5.74, 6) is -0.196. The van der Waals surface area contributed by atoms with Gasteiger partial charge in [0.2, 0.25) is 0 Å². The third-order valence-electron chi connectivity index (χ3n) is 4.72. The minimum Gasteiger partial charge on any atom is -0.330 e. The number of carbonyl (C=O) groups excluding carboxylic acids is 1. The van der Waals surface area contributed by atoms with Gasteiger partial charge in [-0.1, -0.05) is 12.1 Å². The number of rotatable bonds is 4. The minimum atomic E-state index is -4.36. The maximum atomic E-state index is 13.0. The van der Waals surface area contributed by atoms with E-state index in [9.17, 15) is 18.0 Å². The maximum absolute atomic E-state index is 13.0. The summed E-state index contributed by atoms with van der Waals surface area (Å²) >= 11 is 0. The lowest BCUT2D eigenvalue weighted by molar-refractivity contribution is -0.137. The van der Waals surface area contributed by atoms with Crippen LogP contribution in [0.25, 0.3) is 5.65 Å². The summed E-state index contributed by atoms with van der Waals surface area (Å²) in [4.78, 5) is 19.1. The Labute approximate surface area is 154 Å². The zero-order chi connectivity index (χ0) is 19.2. The molecule has 0 radical (unpaired) electrons. The minimum absolute atomic E-state index is 0.117. The van der Waals surface area contributed by atoms with Gasteiger partial charge >= 0.3 is 6.18 Å². The molecular weight excluding hydrogens is 355 g/mol. The number of halogens is 3. The number of pyridine rings is 1. The molecule has 3 aromatic rings. The average Bonchev–Trinajstić information content (AvgIpc) is 3.37. The van der Waals surface area contributed by atoms with Crippen molar-refractivity contribution in [2.24, 2.45) is 0 Å². The molecule has 4 nitrogen and oxygen atoms in total. The highest BCUT2D eigenvalue weighted by Gasteiger charge is 2.34. The van der Waals surface area contributed by atoms with E-state index in [1.165, 1.54) is 12.1 Å². The van der Waals surface area contributed by atoms with Gasteiger partial charge in [0.1, 0.15) is 11.3 Å². The van der Waals surface area contributed by atoms with Gasteiger partial charge in [0.05, 0.1) is 5.56 Å². The monoisotopic (exact) mass is 373 g/mol. The summed E-state index contributed by atoms with van der Waals surface area (Å²) in [5, 5.41) is 0. The lowest BCUT2D eigenvalue weighted by Crippen LogP contribution is -2.32. The van der Waals surface area contributed by atoms with Crippen molar-refractivity contribution in [3.8, 4) is 0 Å². The molecule has 7 heteroatoms. The van der Waals surface area contributed by atoms with Crippen molar-refractivity contribution in [1.82, 2.24) is 14.3 Å². The van der Waals surface area contributed by atoms with Crippen molar-refractivity contribution in [1.29, 1.82) is 0 Å². The van der Waals surface area contributed by atoms with Crippen LogP contribution < -0.4 is 0 Å². The second kappa shape index (κ2) is 6.40. The molecule has 1 aliphatic rings. The number of nitrogens with zero attached hydrogens (tertiary/aromatic N) is 3. The van der Waals surface area contributed by atoms with Gasteiger partial charge < -0.3 is 9.30 Å². The molecule has 2 heterocycles. The van der Waals surface area contributed by atoms with Crippen LogP contribution in [0.3, 0.4) is 0 Å². The van der Waals surface area contributed by atoms with E-state index in [1.54, 1.807) is 15.5 Å². The Balaban J connectivity index is 1.57. The van der Waals surface area contributed by atoms with E-state index >= 15 is 0 Å². The van der Waals surface area contributed by atoms with Crippen LogP contribution in [0.15, 0.2) is 48.8 Å². The first-order valence-electron chi connectivity index (χ1n) is 8.74. The van der Waals surface area contributed by atoms with Gasteiger partial charge in [-0.3, -0.25) is 4.79 Å². The number of aromatic nitrogens is 2. The summed E-state index contributed by atoms with van der Waals surface area (Å²) in [7, 11) is 0. The zero-order valence-electron chi connectivity index (χ0n) is 14.7. The Hall–Kier alpha value is -2.83.